The van der Waals surface area contributed by atoms with Crippen molar-refractivity contribution in [2.24, 2.45) is 5.92 Å². The first kappa shape index (κ1) is 24.9. The summed E-state index contributed by atoms with van der Waals surface area (Å²) in [7, 11) is 0. The van der Waals surface area contributed by atoms with Gasteiger partial charge in [-0.3, -0.25) is 9.59 Å². The molecule has 0 aromatic rings. The Kier molecular flexibility index (Phi) is 18.0. The van der Waals surface area contributed by atoms with E-state index in [1.54, 1.807) is 0 Å². The van der Waals surface area contributed by atoms with Crippen LogP contribution in [0, 0.1) is 5.92 Å². The number of carbonyl (C=O) groups is 2. The first-order valence-electron chi connectivity index (χ1n) is 11.0. The highest BCUT2D eigenvalue weighted by molar-refractivity contribution is 5.69. The second-order valence-corrected chi connectivity index (χ2v) is 7.71. The van der Waals surface area contributed by atoms with Crippen LogP contribution in [0.1, 0.15) is 122 Å². The molecule has 0 amide bonds. The molecular formula is C22H42O4. The maximum atomic E-state index is 11.1. The maximum Gasteiger partial charge on any atom is 0.306 e. The molecule has 26 heavy (non-hydrogen) atoms. The van der Waals surface area contributed by atoms with Crippen LogP contribution in [-0.4, -0.2) is 22.2 Å². The third-order valence-corrected chi connectivity index (χ3v) is 5.18. The Balaban J connectivity index is 3.20. The van der Waals surface area contributed by atoms with E-state index in [-0.39, 0.29) is 5.92 Å². The number of carboxylic acids is 2. The van der Waals surface area contributed by atoms with Crippen LogP contribution in [0.15, 0.2) is 0 Å². The van der Waals surface area contributed by atoms with E-state index >= 15 is 0 Å². The largest absolute Gasteiger partial charge is 0.481 e. The molecule has 2 N–H and O–H groups in total. The molecule has 0 aromatic carbocycles. The standard InChI is InChI=1S/C22H42O4/c1-2-17-20(22(25)26)18-15-13-11-9-7-5-3-4-6-8-10-12-14-16-19-21(23)24/h20H,2-19H2,1H3,(H,23,24)(H,25,26). The highest BCUT2D eigenvalue weighted by Crippen LogP contribution is 2.18. The number of carboxylic acid groups (broad SMARTS) is 2. The van der Waals surface area contributed by atoms with Crippen molar-refractivity contribution in [2.75, 3.05) is 0 Å². The van der Waals surface area contributed by atoms with E-state index in [9.17, 15) is 9.59 Å². The first-order valence-corrected chi connectivity index (χ1v) is 11.0. The van der Waals surface area contributed by atoms with Crippen molar-refractivity contribution in [1.29, 1.82) is 0 Å². The molecule has 0 aromatic heterocycles. The van der Waals surface area contributed by atoms with Crippen LogP contribution >= 0.6 is 0 Å². The fourth-order valence-corrected chi connectivity index (χ4v) is 3.53. The van der Waals surface area contributed by atoms with Crippen LogP contribution in [0.3, 0.4) is 0 Å². The van der Waals surface area contributed by atoms with Gasteiger partial charge in [0.25, 0.3) is 0 Å². The summed E-state index contributed by atoms with van der Waals surface area (Å²) in [6.45, 7) is 2.05. The minimum atomic E-state index is -0.675. The molecule has 0 aliphatic rings. The third-order valence-electron chi connectivity index (χ3n) is 5.18. The summed E-state index contributed by atoms with van der Waals surface area (Å²) in [5.41, 5.74) is 0. The van der Waals surface area contributed by atoms with Gasteiger partial charge in [-0.25, -0.2) is 0 Å². The Morgan fingerprint density at radius 1 is 0.615 bits per heavy atom. The van der Waals surface area contributed by atoms with Gasteiger partial charge in [-0.05, 0) is 19.3 Å². The van der Waals surface area contributed by atoms with Crippen molar-refractivity contribution in [2.45, 2.75) is 122 Å². The van der Waals surface area contributed by atoms with Gasteiger partial charge < -0.3 is 10.2 Å². The molecular weight excluding hydrogens is 328 g/mol. The highest BCUT2D eigenvalue weighted by atomic mass is 16.4. The Bertz CT molecular complexity index is 341. The molecule has 4 heteroatoms. The fourth-order valence-electron chi connectivity index (χ4n) is 3.53. The van der Waals surface area contributed by atoms with Crippen molar-refractivity contribution in [3.05, 3.63) is 0 Å². The average molecular weight is 371 g/mol. The zero-order chi connectivity index (χ0) is 19.5. The number of unbranched alkanes of at least 4 members (excludes halogenated alkanes) is 13. The lowest BCUT2D eigenvalue weighted by atomic mass is 9.96. The molecule has 4 nitrogen and oxygen atoms in total. The van der Waals surface area contributed by atoms with Crippen LogP contribution < -0.4 is 0 Å². The molecule has 0 radical (unpaired) electrons. The average Bonchev–Trinajstić information content (AvgIpc) is 2.59. The van der Waals surface area contributed by atoms with Gasteiger partial charge in [0, 0.05) is 6.42 Å². The van der Waals surface area contributed by atoms with Gasteiger partial charge in [0.1, 0.15) is 0 Å². The van der Waals surface area contributed by atoms with Crippen molar-refractivity contribution in [3.63, 3.8) is 0 Å². The van der Waals surface area contributed by atoms with Crippen molar-refractivity contribution in [1.82, 2.24) is 0 Å². The van der Waals surface area contributed by atoms with Crippen LogP contribution in [0.4, 0.5) is 0 Å². The van der Waals surface area contributed by atoms with Gasteiger partial charge in [0.05, 0.1) is 5.92 Å². The van der Waals surface area contributed by atoms with Gasteiger partial charge in [-0.15, -0.1) is 0 Å². The summed E-state index contributed by atoms with van der Waals surface area (Å²) >= 11 is 0. The quantitative estimate of drug-likeness (QED) is 0.231. The molecule has 1 atom stereocenters. The second-order valence-electron chi connectivity index (χ2n) is 7.71. The van der Waals surface area contributed by atoms with Gasteiger partial charge >= 0.3 is 11.9 Å². The molecule has 0 aliphatic carbocycles. The number of hydrogen-bond donors (Lipinski definition) is 2. The molecule has 0 heterocycles. The summed E-state index contributed by atoms with van der Waals surface area (Å²) in [5, 5.41) is 17.7. The second kappa shape index (κ2) is 18.7. The fraction of sp³-hybridized carbons (Fsp3) is 0.909. The summed E-state index contributed by atoms with van der Waals surface area (Å²) in [5.74, 6) is -1.42. The summed E-state index contributed by atoms with van der Waals surface area (Å²) in [4.78, 5) is 21.5. The smallest absolute Gasteiger partial charge is 0.306 e. The van der Waals surface area contributed by atoms with Crippen LogP contribution in [0.5, 0.6) is 0 Å². The lowest BCUT2D eigenvalue weighted by Crippen LogP contribution is -2.13. The number of rotatable bonds is 20. The number of hydrogen-bond acceptors (Lipinski definition) is 2. The SMILES string of the molecule is CCCC(CCCCCCCCCCCCCCCCC(=O)O)C(=O)O. The van der Waals surface area contributed by atoms with Crippen molar-refractivity contribution >= 4 is 11.9 Å². The molecule has 0 rings (SSSR count). The minimum absolute atomic E-state index is 0.128. The van der Waals surface area contributed by atoms with Crippen LogP contribution in [-0.2, 0) is 9.59 Å². The predicted molar refractivity (Wildman–Crippen MR) is 108 cm³/mol. The summed E-state index contributed by atoms with van der Waals surface area (Å²) < 4.78 is 0. The van der Waals surface area contributed by atoms with E-state index in [4.69, 9.17) is 10.2 Å². The van der Waals surface area contributed by atoms with Crippen molar-refractivity contribution < 1.29 is 19.8 Å². The Morgan fingerprint density at radius 2 is 1.00 bits per heavy atom. The van der Waals surface area contributed by atoms with E-state index in [0.29, 0.717) is 6.42 Å². The zero-order valence-electron chi connectivity index (χ0n) is 17.0. The first-order chi connectivity index (χ1) is 12.6. The third kappa shape index (κ3) is 17.8. The van der Waals surface area contributed by atoms with E-state index < -0.39 is 11.9 Å². The molecule has 154 valence electrons. The lowest BCUT2D eigenvalue weighted by molar-refractivity contribution is -0.142. The van der Waals surface area contributed by atoms with E-state index in [2.05, 4.69) is 6.92 Å². The monoisotopic (exact) mass is 370 g/mol. The lowest BCUT2D eigenvalue weighted by Gasteiger charge is -2.10. The summed E-state index contributed by atoms with van der Waals surface area (Å²) in [6, 6.07) is 0. The molecule has 1 unspecified atom stereocenters. The van der Waals surface area contributed by atoms with Gasteiger partial charge in [-0.1, -0.05) is 96.8 Å². The van der Waals surface area contributed by atoms with Gasteiger partial charge in [0.15, 0.2) is 0 Å². The molecule has 0 fully saturated rings. The van der Waals surface area contributed by atoms with E-state index in [1.165, 1.54) is 70.6 Å². The van der Waals surface area contributed by atoms with E-state index in [0.717, 1.165) is 38.5 Å². The minimum Gasteiger partial charge on any atom is -0.481 e. The van der Waals surface area contributed by atoms with Gasteiger partial charge in [0.2, 0.25) is 0 Å². The zero-order valence-corrected chi connectivity index (χ0v) is 17.0. The summed E-state index contributed by atoms with van der Waals surface area (Å²) in [6.07, 6.45) is 19.9. The number of aliphatic carboxylic acids is 2. The van der Waals surface area contributed by atoms with Gasteiger partial charge in [-0.2, -0.15) is 0 Å². The highest BCUT2D eigenvalue weighted by Gasteiger charge is 2.15. The Hall–Kier alpha value is -1.06. The van der Waals surface area contributed by atoms with Crippen LogP contribution in [0.2, 0.25) is 0 Å². The Morgan fingerprint density at radius 3 is 1.35 bits per heavy atom. The molecule has 0 saturated heterocycles. The Labute approximate surface area is 160 Å². The molecule has 0 bridgehead atoms. The molecule has 0 aliphatic heterocycles. The molecule has 0 saturated carbocycles. The topological polar surface area (TPSA) is 74.6 Å². The normalized spacial score (nSPS) is 12.2. The van der Waals surface area contributed by atoms with Crippen molar-refractivity contribution in [3.8, 4) is 0 Å². The maximum absolute atomic E-state index is 11.1. The molecule has 0 spiro atoms. The predicted octanol–water partition coefficient (Wildman–Crippen LogP) is 6.81. The van der Waals surface area contributed by atoms with E-state index in [1.807, 2.05) is 0 Å². The van der Waals surface area contributed by atoms with Crippen LogP contribution in [0.25, 0.3) is 0 Å².